The van der Waals surface area contributed by atoms with Crippen LogP contribution < -0.4 is 0 Å². The summed E-state index contributed by atoms with van der Waals surface area (Å²) in [6.07, 6.45) is 3.45. The van der Waals surface area contributed by atoms with Crippen LogP contribution in [0.3, 0.4) is 0 Å². The molecular formula is C21H17NO3S. The van der Waals surface area contributed by atoms with Gasteiger partial charge in [0.15, 0.2) is 12.4 Å². The Kier molecular flexibility index (Phi) is 5.81. The molecule has 0 radical (unpaired) electrons. The van der Waals surface area contributed by atoms with E-state index in [0.717, 1.165) is 11.1 Å². The first-order valence-electron chi connectivity index (χ1n) is 8.04. The quantitative estimate of drug-likeness (QED) is 0.366. The third kappa shape index (κ3) is 4.18. The lowest BCUT2D eigenvalue weighted by atomic mass is 10.0. The highest BCUT2D eigenvalue weighted by molar-refractivity contribution is 7.98. The predicted molar refractivity (Wildman–Crippen MR) is 103 cm³/mol. The van der Waals surface area contributed by atoms with Gasteiger partial charge in [-0.3, -0.25) is 4.79 Å². The molecule has 0 aliphatic rings. The highest BCUT2D eigenvalue weighted by Gasteiger charge is 2.15. The summed E-state index contributed by atoms with van der Waals surface area (Å²) in [5.74, 6) is -0.788. The first-order chi connectivity index (χ1) is 12.7. The van der Waals surface area contributed by atoms with Crippen LogP contribution in [0.5, 0.6) is 0 Å². The first-order valence-corrected chi connectivity index (χ1v) is 9.26. The largest absolute Gasteiger partial charge is 0.454 e. The molecule has 3 rings (SSSR count). The molecule has 0 atom stereocenters. The lowest BCUT2D eigenvalue weighted by molar-refractivity contribution is 0.0470. The van der Waals surface area contributed by atoms with Gasteiger partial charge in [0.25, 0.3) is 0 Å². The van der Waals surface area contributed by atoms with Gasteiger partial charge in [0.2, 0.25) is 0 Å². The van der Waals surface area contributed by atoms with E-state index in [1.54, 1.807) is 30.5 Å². The minimum Gasteiger partial charge on any atom is -0.454 e. The molecule has 0 bridgehead atoms. The number of esters is 1. The van der Waals surface area contributed by atoms with Gasteiger partial charge < -0.3 is 4.74 Å². The molecule has 5 heteroatoms. The van der Waals surface area contributed by atoms with Crippen molar-refractivity contribution in [2.75, 3.05) is 12.9 Å². The SMILES string of the molecule is CSc1ncccc1C(=O)OCC(=O)c1ccc(-c2ccccc2)cc1. The summed E-state index contributed by atoms with van der Waals surface area (Å²) in [5.41, 5.74) is 2.99. The Hall–Kier alpha value is -2.92. The van der Waals surface area contributed by atoms with Crippen LogP contribution in [0.25, 0.3) is 11.1 Å². The van der Waals surface area contributed by atoms with Crippen molar-refractivity contribution >= 4 is 23.5 Å². The Morgan fingerprint density at radius 3 is 2.31 bits per heavy atom. The molecule has 0 fully saturated rings. The normalized spacial score (nSPS) is 10.3. The number of nitrogens with zero attached hydrogens (tertiary/aromatic N) is 1. The number of ether oxygens (including phenoxy) is 1. The van der Waals surface area contributed by atoms with E-state index >= 15 is 0 Å². The molecule has 0 amide bonds. The van der Waals surface area contributed by atoms with Crippen LogP contribution in [0.1, 0.15) is 20.7 Å². The lowest BCUT2D eigenvalue weighted by Gasteiger charge is -2.07. The highest BCUT2D eigenvalue weighted by atomic mass is 32.2. The van der Waals surface area contributed by atoms with Crippen LogP contribution in [0, 0.1) is 0 Å². The van der Waals surface area contributed by atoms with E-state index in [9.17, 15) is 9.59 Å². The molecule has 0 saturated heterocycles. The number of thioether (sulfide) groups is 1. The second-order valence-corrected chi connectivity index (χ2v) is 6.30. The van der Waals surface area contributed by atoms with Gasteiger partial charge in [-0.2, -0.15) is 0 Å². The summed E-state index contributed by atoms with van der Waals surface area (Å²) in [6.45, 7) is -0.299. The van der Waals surface area contributed by atoms with Crippen LogP contribution in [0.2, 0.25) is 0 Å². The molecule has 2 aromatic carbocycles. The molecule has 0 aliphatic carbocycles. The molecule has 26 heavy (non-hydrogen) atoms. The van der Waals surface area contributed by atoms with E-state index in [-0.39, 0.29) is 12.4 Å². The Balaban J connectivity index is 1.64. The molecule has 0 aliphatic heterocycles. The molecule has 1 aromatic heterocycles. The Morgan fingerprint density at radius 1 is 0.923 bits per heavy atom. The first kappa shape index (κ1) is 17.9. The molecule has 0 saturated carbocycles. The summed E-state index contributed by atoms with van der Waals surface area (Å²) in [7, 11) is 0. The van der Waals surface area contributed by atoms with E-state index in [1.807, 2.05) is 48.7 Å². The number of hydrogen-bond acceptors (Lipinski definition) is 5. The zero-order valence-corrected chi connectivity index (χ0v) is 15.0. The molecule has 3 aromatic rings. The average Bonchev–Trinajstić information content (AvgIpc) is 2.72. The fourth-order valence-electron chi connectivity index (χ4n) is 2.48. The second-order valence-electron chi connectivity index (χ2n) is 5.50. The number of rotatable bonds is 6. The number of benzene rings is 2. The number of Topliss-reactive ketones (excluding diaryl/α,β-unsaturated/α-hetero) is 1. The lowest BCUT2D eigenvalue weighted by Crippen LogP contribution is -2.15. The third-order valence-corrected chi connectivity index (χ3v) is 4.54. The van der Waals surface area contributed by atoms with Gasteiger partial charge in [0.05, 0.1) is 5.56 Å². The number of carbonyl (C=O) groups excluding carboxylic acids is 2. The van der Waals surface area contributed by atoms with Crippen LogP contribution in [-0.2, 0) is 4.74 Å². The minimum absolute atomic E-state index is 0.243. The van der Waals surface area contributed by atoms with Gasteiger partial charge in [-0.05, 0) is 29.5 Å². The fourth-order valence-corrected chi connectivity index (χ4v) is 3.02. The van der Waals surface area contributed by atoms with Crippen LogP contribution in [-0.4, -0.2) is 29.6 Å². The predicted octanol–water partition coefficient (Wildman–Crippen LogP) is 4.51. The molecular weight excluding hydrogens is 346 g/mol. The molecule has 1 heterocycles. The molecule has 0 spiro atoms. The summed E-state index contributed by atoms with van der Waals surface area (Å²) in [5, 5.41) is 0.581. The van der Waals surface area contributed by atoms with Crippen molar-refractivity contribution in [1.82, 2.24) is 4.98 Å². The van der Waals surface area contributed by atoms with Crippen molar-refractivity contribution in [2.45, 2.75) is 5.03 Å². The third-order valence-electron chi connectivity index (χ3n) is 3.83. The summed E-state index contributed by atoms with van der Waals surface area (Å²) in [6, 6.07) is 20.5. The molecule has 0 N–H and O–H groups in total. The molecule has 4 nitrogen and oxygen atoms in total. The molecule has 130 valence electrons. The van der Waals surface area contributed by atoms with Crippen LogP contribution >= 0.6 is 11.8 Å². The summed E-state index contributed by atoms with van der Waals surface area (Å²) in [4.78, 5) is 28.6. The van der Waals surface area contributed by atoms with E-state index in [2.05, 4.69) is 4.98 Å². The number of carbonyl (C=O) groups is 2. The van der Waals surface area contributed by atoms with E-state index in [0.29, 0.717) is 16.2 Å². The van der Waals surface area contributed by atoms with E-state index < -0.39 is 5.97 Å². The molecule has 0 unspecified atom stereocenters. The van der Waals surface area contributed by atoms with Gasteiger partial charge in [0, 0.05) is 11.8 Å². The number of hydrogen-bond donors (Lipinski definition) is 0. The summed E-state index contributed by atoms with van der Waals surface area (Å²) >= 11 is 1.36. The van der Waals surface area contributed by atoms with Crippen LogP contribution in [0.4, 0.5) is 0 Å². The van der Waals surface area contributed by atoms with Gasteiger partial charge in [-0.1, -0.05) is 54.6 Å². The van der Waals surface area contributed by atoms with Crippen molar-refractivity contribution in [3.05, 3.63) is 84.1 Å². The maximum Gasteiger partial charge on any atom is 0.341 e. The number of aromatic nitrogens is 1. The maximum atomic E-state index is 12.3. The van der Waals surface area contributed by atoms with Gasteiger partial charge in [-0.25, -0.2) is 9.78 Å². The van der Waals surface area contributed by atoms with Crippen molar-refractivity contribution in [3.8, 4) is 11.1 Å². The van der Waals surface area contributed by atoms with E-state index in [4.69, 9.17) is 4.74 Å². The maximum absolute atomic E-state index is 12.3. The minimum atomic E-state index is -0.545. The zero-order valence-electron chi connectivity index (χ0n) is 14.2. The Labute approximate surface area is 156 Å². The Morgan fingerprint density at radius 2 is 1.62 bits per heavy atom. The van der Waals surface area contributed by atoms with E-state index in [1.165, 1.54) is 11.8 Å². The fraction of sp³-hybridized carbons (Fsp3) is 0.0952. The van der Waals surface area contributed by atoms with Crippen molar-refractivity contribution in [2.24, 2.45) is 0 Å². The van der Waals surface area contributed by atoms with Crippen molar-refractivity contribution in [1.29, 1.82) is 0 Å². The number of ketones is 1. The standard InChI is InChI=1S/C21H17NO3S/c1-26-20-18(8-5-13-22-20)21(24)25-14-19(23)17-11-9-16(10-12-17)15-6-3-2-4-7-15/h2-13H,14H2,1H3. The summed E-state index contributed by atoms with van der Waals surface area (Å²) < 4.78 is 5.16. The zero-order chi connectivity index (χ0) is 18.4. The van der Waals surface area contributed by atoms with Crippen molar-refractivity contribution < 1.29 is 14.3 Å². The van der Waals surface area contributed by atoms with Gasteiger partial charge >= 0.3 is 5.97 Å². The highest BCUT2D eigenvalue weighted by Crippen LogP contribution is 2.20. The van der Waals surface area contributed by atoms with Gasteiger partial charge in [-0.15, -0.1) is 11.8 Å². The van der Waals surface area contributed by atoms with Gasteiger partial charge in [0.1, 0.15) is 5.03 Å². The van der Waals surface area contributed by atoms with Crippen molar-refractivity contribution in [3.63, 3.8) is 0 Å². The Bertz CT molecular complexity index is 908. The number of pyridine rings is 1. The monoisotopic (exact) mass is 363 g/mol. The average molecular weight is 363 g/mol. The second kappa shape index (κ2) is 8.45. The smallest absolute Gasteiger partial charge is 0.341 e. The van der Waals surface area contributed by atoms with Crippen LogP contribution in [0.15, 0.2) is 78.0 Å². The topological polar surface area (TPSA) is 56.3 Å².